The Hall–Kier alpha value is 0.0400. The Bertz CT molecular complexity index is 366. The lowest BCUT2D eigenvalue weighted by molar-refractivity contribution is 0.465. The third kappa shape index (κ3) is 1.66. The summed E-state index contributed by atoms with van der Waals surface area (Å²) in [5, 5.41) is 13.6. The minimum atomic E-state index is 0.171. The second-order valence-electron chi connectivity index (χ2n) is 2.89. The Morgan fingerprint density at radius 1 is 1.54 bits per heavy atom. The second-order valence-corrected chi connectivity index (χ2v) is 4.46. The van der Waals surface area contributed by atoms with Crippen LogP contribution in [0.2, 0.25) is 10.0 Å². The molecule has 0 aromatic heterocycles. The molecule has 0 bridgehead atoms. The van der Waals surface area contributed by atoms with Crippen LogP contribution in [0.15, 0.2) is 10.5 Å². The zero-order valence-corrected chi connectivity index (χ0v) is 9.54. The number of hydrogen-bond donors (Lipinski definition) is 2. The summed E-state index contributed by atoms with van der Waals surface area (Å²) in [6.45, 7) is 0.873. The van der Waals surface area contributed by atoms with Crippen LogP contribution in [-0.2, 0) is 0 Å². The lowest BCUT2D eigenvalue weighted by Gasteiger charge is -2.07. The molecule has 1 saturated heterocycles. The predicted molar refractivity (Wildman–Crippen MR) is 56.6 cm³/mol. The number of aromatic hydroxyl groups is 1. The number of phenolic OH excluding ortho intramolecular Hbond substituents is 1. The minimum Gasteiger partial charge on any atom is -0.506 e. The van der Waals surface area contributed by atoms with E-state index in [9.17, 15) is 5.11 Å². The third-order valence-electron chi connectivity index (χ3n) is 1.95. The van der Waals surface area contributed by atoms with Crippen molar-refractivity contribution in [3.63, 3.8) is 0 Å². The lowest BCUT2D eigenvalue weighted by atomic mass is 10.1. The maximum atomic E-state index is 9.68. The van der Waals surface area contributed by atoms with E-state index >= 15 is 0 Å². The van der Waals surface area contributed by atoms with Gasteiger partial charge in [-0.2, -0.15) is 0 Å². The maximum Gasteiger partial charge on any atom is 0.136 e. The van der Waals surface area contributed by atoms with Crippen LogP contribution in [0.5, 0.6) is 5.75 Å². The van der Waals surface area contributed by atoms with Crippen LogP contribution in [0.4, 0.5) is 0 Å². The standard InChI is InChI=1S/C8H6BrCl2NO/c9-6-7(11)4(10)1-3(8(6)13)5-2-12-5/h1,5,12-13H,2H2/t5-/m0/s1. The van der Waals surface area contributed by atoms with Crippen LogP contribution < -0.4 is 5.32 Å². The Kier molecular flexibility index (Phi) is 2.45. The van der Waals surface area contributed by atoms with Gasteiger partial charge in [0, 0.05) is 18.2 Å². The van der Waals surface area contributed by atoms with Gasteiger partial charge in [0.25, 0.3) is 0 Å². The molecule has 1 heterocycles. The molecular weight excluding hydrogens is 277 g/mol. The van der Waals surface area contributed by atoms with Crippen LogP contribution in [0.25, 0.3) is 0 Å². The van der Waals surface area contributed by atoms with Gasteiger partial charge < -0.3 is 10.4 Å². The minimum absolute atomic E-state index is 0.171. The van der Waals surface area contributed by atoms with E-state index in [2.05, 4.69) is 21.2 Å². The van der Waals surface area contributed by atoms with Gasteiger partial charge in [0.2, 0.25) is 0 Å². The summed E-state index contributed by atoms with van der Waals surface area (Å²) in [6.07, 6.45) is 0. The molecule has 70 valence electrons. The normalized spacial score (nSPS) is 20.4. The number of phenols is 1. The summed E-state index contributed by atoms with van der Waals surface area (Å²) in [7, 11) is 0. The van der Waals surface area contributed by atoms with Crippen molar-refractivity contribution in [3.05, 3.63) is 26.1 Å². The topological polar surface area (TPSA) is 42.2 Å². The molecule has 5 heteroatoms. The molecule has 2 rings (SSSR count). The molecule has 1 atom stereocenters. The van der Waals surface area contributed by atoms with Gasteiger partial charge in [0.1, 0.15) is 5.75 Å². The summed E-state index contributed by atoms with van der Waals surface area (Å²) >= 11 is 14.9. The maximum absolute atomic E-state index is 9.68. The summed E-state index contributed by atoms with van der Waals surface area (Å²) in [6, 6.07) is 1.90. The quantitative estimate of drug-likeness (QED) is 0.614. The van der Waals surface area contributed by atoms with Crippen molar-refractivity contribution in [2.45, 2.75) is 6.04 Å². The first-order valence-corrected chi connectivity index (χ1v) is 5.26. The third-order valence-corrected chi connectivity index (χ3v) is 3.74. The van der Waals surface area contributed by atoms with Gasteiger partial charge in [0.05, 0.1) is 14.5 Å². The Balaban J connectivity index is 2.58. The first-order chi connectivity index (χ1) is 6.11. The van der Waals surface area contributed by atoms with E-state index in [0.717, 1.165) is 12.1 Å². The van der Waals surface area contributed by atoms with E-state index in [0.29, 0.717) is 14.5 Å². The SMILES string of the molecule is Oc1c([C@@H]2CN2)cc(Cl)c(Cl)c1Br. The van der Waals surface area contributed by atoms with Crippen LogP contribution in [0, 0.1) is 0 Å². The first kappa shape index (κ1) is 9.59. The highest BCUT2D eigenvalue weighted by molar-refractivity contribution is 9.10. The molecule has 0 unspecified atom stereocenters. The van der Waals surface area contributed by atoms with Crippen molar-refractivity contribution >= 4 is 39.1 Å². The van der Waals surface area contributed by atoms with Crippen molar-refractivity contribution in [1.29, 1.82) is 0 Å². The highest BCUT2D eigenvalue weighted by Gasteiger charge is 2.27. The van der Waals surface area contributed by atoms with Crippen molar-refractivity contribution in [1.82, 2.24) is 5.32 Å². The fourth-order valence-electron chi connectivity index (χ4n) is 1.15. The number of hydrogen-bond acceptors (Lipinski definition) is 2. The smallest absolute Gasteiger partial charge is 0.136 e. The van der Waals surface area contributed by atoms with Gasteiger partial charge in [-0.05, 0) is 22.0 Å². The highest BCUT2D eigenvalue weighted by atomic mass is 79.9. The monoisotopic (exact) mass is 281 g/mol. The fourth-order valence-corrected chi connectivity index (χ4v) is 2.06. The van der Waals surface area contributed by atoms with E-state index in [1.54, 1.807) is 6.07 Å². The van der Waals surface area contributed by atoms with E-state index in [-0.39, 0.29) is 11.8 Å². The van der Waals surface area contributed by atoms with Crippen molar-refractivity contribution in [2.75, 3.05) is 6.54 Å². The molecule has 0 radical (unpaired) electrons. The van der Waals surface area contributed by atoms with Gasteiger partial charge in [-0.15, -0.1) is 0 Å². The van der Waals surface area contributed by atoms with Crippen molar-refractivity contribution in [3.8, 4) is 5.75 Å². The molecule has 13 heavy (non-hydrogen) atoms. The van der Waals surface area contributed by atoms with Crippen LogP contribution >= 0.6 is 39.1 Å². The van der Waals surface area contributed by atoms with Crippen LogP contribution in [0.3, 0.4) is 0 Å². The first-order valence-electron chi connectivity index (χ1n) is 3.71. The zero-order valence-electron chi connectivity index (χ0n) is 6.44. The van der Waals surface area contributed by atoms with Gasteiger partial charge in [-0.25, -0.2) is 0 Å². The van der Waals surface area contributed by atoms with E-state index in [1.807, 2.05) is 0 Å². The molecule has 0 saturated carbocycles. The van der Waals surface area contributed by atoms with Crippen LogP contribution in [0.1, 0.15) is 11.6 Å². The lowest BCUT2D eigenvalue weighted by Crippen LogP contribution is -1.87. The van der Waals surface area contributed by atoms with Crippen LogP contribution in [-0.4, -0.2) is 11.7 Å². The van der Waals surface area contributed by atoms with Crippen molar-refractivity contribution < 1.29 is 5.11 Å². The summed E-state index contributed by atoms with van der Waals surface area (Å²) in [5.74, 6) is 0.171. The second kappa shape index (κ2) is 3.31. The van der Waals surface area contributed by atoms with Gasteiger partial charge in [-0.1, -0.05) is 23.2 Å². The molecule has 2 nitrogen and oxygen atoms in total. The molecule has 1 aliphatic rings. The summed E-state index contributed by atoms with van der Waals surface area (Å²) in [4.78, 5) is 0. The average molecular weight is 283 g/mol. The predicted octanol–water partition coefficient (Wildman–Crippen LogP) is 3.11. The Morgan fingerprint density at radius 2 is 2.15 bits per heavy atom. The van der Waals surface area contributed by atoms with Gasteiger partial charge in [-0.3, -0.25) is 0 Å². The Labute approximate surface area is 94.0 Å². The van der Waals surface area contributed by atoms with E-state index < -0.39 is 0 Å². The average Bonchev–Trinajstić information content (AvgIpc) is 2.91. The molecule has 1 aromatic carbocycles. The number of rotatable bonds is 1. The van der Waals surface area contributed by atoms with E-state index in [1.165, 1.54) is 0 Å². The fraction of sp³-hybridized carbons (Fsp3) is 0.250. The number of halogens is 3. The molecule has 1 aromatic rings. The van der Waals surface area contributed by atoms with E-state index in [4.69, 9.17) is 23.2 Å². The molecule has 2 N–H and O–H groups in total. The Morgan fingerprint density at radius 3 is 2.69 bits per heavy atom. The molecule has 0 amide bonds. The molecule has 0 spiro atoms. The van der Waals surface area contributed by atoms with Crippen molar-refractivity contribution in [2.24, 2.45) is 0 Å². The molecular formula is C8H6BrCl2NO. The van der Waals surface area contributed by atoms with Gasteiger partial charge >= 0.3 is 0 Å². The zero-order chi connectivity index (χ0) is 9.59. The highest BCUT2D eigenvalue weighted by Crippen LogP contribution is 2.43. The number of nitrogens with one attached hydrogen (secondary N) is 1. The van der Waals surface area contributed by atoms with Gasteiger partial charge in [0.15, 0.2) is 0 Å². The number of benzene rings is 1. The molecule has 1 aliphatic heterocycles. The largest absolute Gasteiger partial charge is 0.506 e. The molecule has 0 aliphatic carbocycles. The molecule has 1 fully saturated rings. The summed E-state index contributed by atoms with van der Waals surface area (Å²) < 4.78 is 0.463. The summed E-state index contributed by atoms with van der Waals surface area (Å²) in [5.41, 5.74) is 0.793.